The van der Waals surface area contributed by atoms with Crippen molar-refractivity contribution in [1.82, 2.24) is 0 Å². The van der Waals surface area contributed by atoms with E-state index in [2.05, 4.69) is 0 Å². The Morgan fingerprint density at radius 3 is 2.06 bits per heavy atom. The number of carbonyl (C=O) groups excluding carboxylic acids is 2. The lowest BCUT2D eigenvalue weighted by Crippen LogP contribution is -2.28. The Labute approximate surface area is 208 Å². The lowest BCUT2D eigenvalue weighted by atomic mass is 9.99. The third-order valence-corrected chi connectivity index (χ3v) is 5.82. The molecule has 0 aliphatic heterocycles. The molecule has 0 radical (unpaired) electrons. The first kappa shape index (κ1) is 24.2. The summed E-state index contributed by atoms with van der Waals surface area (Å²) in [5, 5.41) is 0.0445. The number of rotatable bonds is 5. The highest BCUT2D eigenvalue weighted by Gasteiger charge is 2.35. The van der Waals surface area contributed by atoms with Gasteiger partial charge in [-0.05, 0) is 23.8 Å². The van der Waals surface area contributed by atoms with Gasteiger partial charge >= 0.3 is 11.9 Å². The number of allylic oxidation sites excluding steroid dienone is 3. The molecule has 0 saturated heterocycles. The van der Waals surface area contributed by atoms with Gasteiger partial charge in [-0.3, -0.25) is 9.59 Å². The zero-order chi connectivity index (χ0) is 22.7. The lowest BCUT2D eigenvalue weighted by Gasteiger charge is -2.20. The van der Waals surface area contributed by atoms with E-state index in [4.69, 9.17) is 79.1 Å². The average molecular weight is 541 g/mol. The van der Waals surface area contributed by atoms with E-state index in [1.807, 2.05) is 0 Å². The second kappa shape index (κ2) is 10.5. The van der Waals surface area contributed by atoms with Gasteiger partial charge in [0.2, 0.25) is 0 Å². The van der Waals surface area contributed by atoms with E-state index >= 15 is 0 Å². The normalized spacial score (nSPS) is 17.1. The zero-order valence-corrected chi connectivity index (χ0v) is 19.9. The Hall–Kier alpha value is -1.40. The maximum absolute atomic E-state index is 13.0. The number of esters is 2. The molecule has 0 fully saturated rings. The molecule has 162 valence electrons. The topological polar surface area (TPSA) is 52.6 Å². The van der Waals surface area contributed by atoms with E-state index in [1.165, 1.54) is 18.2 Å². The molecule has 0 spiro atoms. The smallest absolute Gasteiger partial charge is 0.330 e. The van der Waals surface area contributed by atoms with Gasteiger partial charge in [-0.25, -0.2) is 0 Å². The highest BCUT2D eigenvalue weighted by atomic mass is 35.5. The molecule has 2 aromatic rings. The maximum Gasteiger partial charge on any atom is 0.330 e. The molecule has 0 N–H and O–H groups in total. The van der Waals surface area contributed by atoms with Crippen molar-refractivity contribution in [3.8, 4) is 5.75 Å². The quantitative estimate of drug-likeness (QED) is 0.171. The third-order valence-electron chi connectivity index (χ3n) is 4.14. The molecule has 0 bridgehead atoms. The third kappa shape index (κ3) is 5.89. The van der Waals surface area contributed by atoms with Gasteiger partial charge in [0.15, 0.2) is 17.4 Å². The van der Waals surface area contributed by atoms with E-state index in [0.717, 1.165) is 0 Å². The molecule has 31 heavy (non-hydrogen) atoms. The fourth-order valence-electron chi connectivity index (χ4n) is 2.75. The van der Waals surface area contributed by atoms with Crippen molar-refractivity contribution in [1.29, 1.82) is 0 Å². The van der Waals surface area contributed by atoms with Gasteiger partial charge in [0.1, 0.15) is 0 Å². The molecular formula is C21H12Cl6O4. The summed E-state index contributed by atoms with van der Waals surface area (Å²) in [6, 6.07) is 10.9. The van der Waals surface area contributed by atoms with Crippen LogP contribution in [0.25, 0.3) is 0 Å². The zero-order valence-electron chi connectivity index (χ0n) is 15.4. The molecule has 4 nitrogen and oxygen atoms in total. The highest BCUT2D eigenvalue weighted by Crippen LogP contribution is 2.38. The van der Waals surface area contributed by atoms with Crippen LogP contribution in [-0.4, -0.2) is 17.3 Å². The summed E-state index contributed by atoms with van der Waals surface area (Å²) >= 11 is 36.4. The molecular weight excluding hydrogens is 529 g/mol. The van der Waals surface area contributed by atoms with Crippen LogP contribution in [0, 0.1) is 0 Å². The summed E-state index contributed by atoms with van der Waals surface area (Å²) in [7, 11) is 0. The molecule has 0 amide bonds. The van der Waals surface area contributed by atoms with Gasteiger partial charge in [-0.2, -0.15) is 0 Å². The highest BCUT2D eigenvalue weighted by molar-refractivity contribution is 6.40. The summed E-state index contributed by atoms with van der Waals surface area (Å²) in [6.45, 7) is 0. The fraction of sp³-hybridized carbons (Fsp3) is 0.143. The molecule has 3 rings (SSSR count). The second-order valence-corrected chi connectivity index (χ2v) is 9.03. The molecule has 1 aliphatic carbocycles. The predicted molar refractivity (Wildman–Crippen MR) is 123 cm³/mol. The SMILES string of the molecule is O=C(OC1=C(Cl)CC(Cl)C=C1Cl)C(C(=O)Oc1c(Cl)cc(Cl)cc1Cl)c1ccccc1. The Kier molecular flexibility index (Phi) is 8.19. The van der Waals surface area contributed by atoms with Crippen molar-refractivity contribution in [3.63, 3.8) is 0 Å². The van der Waals surface area contributed by atoms with E-state index in [1.54, 1.807) is 30.3 Å². The minimum atomic E-state index is -1.47. The van der Waals surface area contributed by atoms with Gasteiger partial charge in [0.25, 0.3) is 0 Å². The van der Waals surface area contributed by atoms with E-state index in [9.17, 15) is 9.59 Å². The largest absolute Gasteiger partial charge is 0.423 e. The van der Waals surface area contributed by atoms with Gasteiger partial charge in [0, 0.05) is 11.4 Å². The number of ether oxygens (including phenoxy) is 2. The number of benzene rings is 2. The first-order valence-electron chi connectivity index (χ1n) is 8.70. The summed E-state index contributed by atoms with van der Waals surface area (Å²) < 4.78 is 10.7. The van der Waals surface area contributed by atoms with Crippen LogP contribution in [0.1, 0.15) is 17.9 Å². The van der Waals surface area contributed by atoms with Gasteiger partial charge in [-0.15, -0.1) is 11.6 Å². The summed E-state index contributed by atoms with van der Waals surface area (Å²) in [5.74, 6) is -3.60. The number of hydrogen-bond donors (Lipinski definition) is 0. The van der Waals surface area contributed by atoms with Crippen LogP contribution >= 0.6 is 69.6 Å². The van der Waals surface area contributed by atoms with Crippen molar-refractivity contribution < 1.29 is 19.1 Å². The van der Waals surface area contributed by atoms with Gasteiger partial charge in [-0.1, -0.05) is 88.3 Å². The molecule has 0 saturated carbocycles. The number of halogens is 6. The van der Waals surface area contributed by atoms with Crippen LogP contribution in [0.2, 0.25) is 15.1 Å². The van der Waals surface area contributed by atoms with Crippen molar-refractivity contribution in [2.45, 2.75) is 17.7 Å². The Bertz CT molecular complexity index is 1060. The minimum Gasteiger partial charge on any atom is -0.423 e. The van der Waals surface area contributed by atoms with Crippen molar-refractivity contribution >= 4 is 81.5 Å². The molecule has 2 aromatic carbocycles. The molecule has 10 heteroatoms. The van der Waals surface area contributed by atoms with Crippen molar-refractivity contribution in [2.24, 2.45) is 0 Å². The maximum atomic E-state index is 13.0. The van der Waals surface area contributed by atoms with Crippen LogP contribution in [-0.2, 0) is 14.3 Å². The minimum absolute atomic E-state index is 0.00296. The van der Waals surface area contributed by atoms with Gasteiger partial charge < -0.3 is 9.47 Å². The first-order valence-corrected chi connectivity index (χ1v) is 11.0. The molecule has 0 aromatic heterocycles. The molecule has 0 heterocycles. The van der Waals surface area contributed by atoms with Crippen LogP contribution in [0.5, 0.6) is 5.75 Å². The van der Waals surface area contributed by atoms with Crippen LogP contribution in [0.15, 0.2) is 64.4 Å². The monoisotopic (exact) mass is 538 g/mol. The van der Waals surface area contributed by atoms with Crippen molar-refractivity contribution in [3.05, 3.63) is 85.0 Å². The predicted octanol–water partition coefficient (Wildman–Crippen LogP) is 7.46. The summed E-state index contributed by atoms with van der Waals surface area (Å²) in [4.78, 5) is 26.0. The average Bonchev–Trinajstić information content (AvgIpc) is 2.68. The van der Waals surface area contributed by atoms with Crippen LogP contribution in [0.4, 0.5) is 0 Å². The van der Waals surface area contributed by atoms with Crippen LogP contribution < -0.4 is 4.74 Å². The number of hydrogen-bond acceptors (Lipinski definition) is 4. The molecule has 1 aliphatic rings. The molecule has 2 atom stereocenters. The Morgan fingerprint density at radius 2 is 1.48 bits per heavy atom. The standard InChI is InChI=1S/C21H12Cl6O4/c22-11-6-13(24)18(14(25)7-11)30-20(28)17(10-4-2-1-3-5-10)21(29)31-19-15(26)8-12(23)9-16(19)27/h1-8,12,17H,9H2. The number of carbonyl (C=O) groups is 2. The van der Waals surface area contributed by atoms with Crippen molar-refractivity contribution in [2.75, 3.05) is 0 Å². The summed E-state index contributed by atoms with van der Waals surface area (Å²) in [5.41, 5.74) is 0.321. The van der Waals surface area contributed by atoms with E-state index in [0.29, 0.717) is 5.56 Å². The first-order chi connectivity index (χ1) is 14.7. The fourth-order valence-corrected chi connectivity index (χ4v) is 4.73. The summed E-state index contributed by atoms with van der Waals surface area (Å²) in [6.07, 6.45) is 1.71. The molecule has 2 unspecified atom stereocenters. The van der Waals surface area contributed by atoms with Crippen LogP contribution in [0.3, 0.4) is 0 Å². The van der Waals surface area contributed by atoms with E-state index < -0.39 is 23.2 Å². The Balaban J connectivity index is 1.93. The van der Waals surface area contributed by atoms with Gasteiger partial charge in [0.05, 0.1) is 25.5 Å². The second-order valence-electron chi connectivity index (χ2n) is 6.35. The number of alkyl halides is 1. The van der Waals surface area contributed by atoms with E-state index in [-0.39, 0.29) is 43.1 Å². The lowest BCUT2D eigenvalue weighted by molar-refractivity contribution is -0.149. The Morgan fingerprint density at radius 1 is 0.903 bits per heavy atom.